The number of nitro benzene ring substituents is 1. The number of benzene rings is 1. The van der Waals surface area contributed by atoms with Crippen LogP contribution in [0.25, 0.3) is 0 Å². The summed E-state index contributed by atoms with van der Waals surface area (Å²) in [7, 11) is 0. The lowest BCUT2D eigenvalue weighted by Gasteiger charge is -2.22. The molecule has 2 saturated carbocycles. The zero-order valence-electron chi connectivity index (χ0n) is 14.1. The molecule has 3 aliphatic carbocycles. The Bertz CT molecular complexity index is 865. The van der Waals surface area contributed by atoms with E-state index >= 15 is 0 Å². The number of hydrogen-bond acceptors (Lipinski definition) is 4. The van der Waals surface area contributed by atoms with E-state index in [0.29, 0.717) is 0 Å². The molecule has 6 nitrogen and oxygen atoms in total. The number of fused-ring (bicyclic) bond motifs is 3. The Hall–Kier alpha value is -2.50. The number of hydrogen-bond donors (Lipinski definition) is 0. The smallest absolute Gasteiger partial charge is 0.274 e. The molecule has 2 amide bonds. The van der Waals surface area contributed by atoms with Crippen LogP contribution in [0.5, 0.6) is 0 Å². The summed E-state index contributed by atoms with van der Waals surface area (Å²) in [4.78, 5) is 38.3. The van der Waals surface area contributed by atoms with Gasteiger partial charge in [-0.2, -0.15) is 0 Å². The number of rotatable bonds is 2. The minimum atomic E-state index is -0.508. The number of carbonyl (C=O) groups excluding carboxylic acids is 2. The highest BCUT2D eigenvalue weighted by Gasteiger charge is 2.73. The van der Waals surface area contributed by atoms with Crippen LogP contribution in [0.1, 0.15) is 24.0 Å². The lowest BCUT2D eigenvalue weighted by Crippen LogP contribution is -2.35. The predicted molar refractivity (Wildman–Crippen MR) is 89.8 cm³/mol. The fourth-order valence-corrected chi connectivity index (χ4v) is 5.43. The number of nitrogens with zero attached hydrogens (tertiary/aromatic N) is 2. The Kier molecular flexibility index (Phi) is 2.59. The molecule has 0 N–H and O–H groups in total. The highest BCUT2D eigenvalue weighted by atomic mass is 16.6. The molecule has 1 spiro atoms. The summed E-state index contributed by atoms with van der Waals surface area (Å²) in [5.74, 6) is -0.963. The molecule has 0 radical (unpaired) electrons. The minimum Gasteiger partial charge on any atom is -0.274 e. The summed E-state index contributed by atoms with van der Waals surface area (Å²) in [5.41, 5.74) is 1.68. The van der Waals surface area contributed by atoms with Gasteiger partial charge in [-0.15, -0.1) is 0 Å². The number of imide groups is 1. The van der Waals surface area contributed by atoms with Crippen LogP contribution in [0, 0.1) is 53.0 Å². The number of carbonyl (C=O) groups is 2. The van der Waals surface area contributed by atoms with Gasteiger partial charge in [0.15, 0.2) is 0 Å². The summed E-state index contributed by atoms with van der Waals surface area (Å²) in [5, 5.41) is 11.5. The van der Waals surface area contributed by atoms with Crippen molar-refractivity contribution in [3.63, 3.8) is 0 Å². The van der Waals surface area contributed by atoms with Crippen LogP contribution in [-0.2, 0) is 9.59 Å². The maximum Gasteiger partial charge on any atom is 0.293 e. The second-order valence-electron chi connectivity index (χ2n) is 7.92. The maximum absolute atomic E-state index is 13.1. The number of allylic oxidation sites excluding steroid dienone is 2. The van der Waals surface area contributed by atoms with Crippen molar-refractivity contribution < 1.29 is 14.5 Å². The van der Waals surface area contributed by atoms with Crippen LogP contribution in [0.2, 0.25) is 0 Å². The van der Waals surface area contributed by atoms with Gasteiger partial charge >= 0.3 is 0 Å². The molecule has 1 saturated heterocycles. The molecular formula is C19H18N2O4. The summed E-state index contributed by atoms with van der Waals surface area (Å²) < 4.78 is 0. The standard InChI is InChI=1S/C19H18N2O4/c1-9-7-13(14(21(24)25)8-10(9)2)20-17(22)15-11-3-4-12(16(15)18(20)23)19(11)5-6-19/h3-4,7-8,11-12,15-16H,5-6H2,1-2H3/t11-,12-,15-,16+/m0/s1. The molecular weight excluding hydrogens is 320 g/mol. The van der Waals surface area contributed by atoms with E-state index in [2.05, 4.69) is 12.2 Å². The Morgan fingerprint density at radius 2 is 1.56 bits per heavy atom. The van der Waals surface area contributed by atoms with Gasteiger partial charge in [-0.3, -0.25) is 19.7 Å². The monoisotopic (exact) mass is 338 g/mol. The fourth-order valence-electron chi connectivity index (χ4n) is 5.43. The Balaban J connectivity index is 1.62. The number of aryl methyl sites for hydroxylation is 2. The first kappa shape index (κ1) is 14.8. The molecule has 4 aliphatic rings. The lowest BCUT2D eigenvalue weighted by atomic mass is 9.85. The molecule has 0 unspecified atom stereocenters. The van der Waals surface area contributed by atoms with E-state index in [-0.39, 0.29) is 52.3 Å². The third-order valence-corrected chi connectivity index (χ3v) is 6.88. The van der Waals surface area contributed by atoms with Gasteiger partial charge in [-0.25, -0.2) is 4.90 Å². The topological polar surface area (TPSA) is 80.5 Å². The zero-order chi connectivity index (χ0) is 17.7. The molecule has 0 aromatic heterocycles. The first-order chi connectivity index (χ1) is 11.9. The van der Waals surface area contributed by atoms with E-state index in [1.165, 1.54) is 6.07 Å². The van der Waals surface area contributed by atoms with Gasteiger partial charge < -0.3 is 0 Å². The molecule has 5 rings (SSSR count). The summed E-state index contributed by atoms with van der Waals surface area (Å²) >= 11 is 0. The van der Waals surface area contributed by atoms with Crippen molar-refractivity contribution in [1.29, 1.82) is 0 Å². The van der Waals surface area contributed by atoms with Crippen molar-refractivity contribution in [2.75, 3.05) is 4.90 Å². The van der Waals surface area contributed by atoms with Gasteiger partial charge in [-0.05, 0) is 61.1 Å². The van der Waals surface area contributed by atoms with Crippen molar-refractivity contribution in [3.8, 4) is 0 Å². The van der Waals surface area contributed by atoms with Crippen LogP contribution in [0.15, 0.2) is 24.3 Å². The van der Waals surface area contributed by atoms with Crippen LogP contribution in [-0.4, -0.2) is 16.7 Å². The van der Waals surface area contributed by atoms with E-state index in [9.17, 15) is 19.7 Å². The third kappa shape index (κ3) is 1.60. The highest BCUT2D eigenvalue weighted by molar-refractivity contribution is 6.24. The third-order valence-electron chi connectivity index (χ3n) is 6.88. The van der Waals surface area contributed by atoms with Gasteiger partial charge in [-0.1, -0.05) is 12.2 Å². The molecule has 6 heteroatoms. The van der Waals surface area contributed by atoms with Crippen molar-refractivity contribution >= 4 is 23.2 Å². The van der Waals surface area contributed by atoms with Crippen LogP contribution in [0.4, 0.5) is 11.4 Å². The van der Waals surface area contributed by atoms with Gasteiger partial charge in [0.05, 0.1) is 16.8 Å². The van der Waals surface area contributed by atoms with E-state index in [1.54, 1.807) is 13.0 Å². The van der Waals surface area contributed by atoms with Crippen molar-refractivity contribution in [1.82, 2.24) is 0 Å². The molecule has 1 heterocycles. The van der Waals surface area contributed by atoms with Crippen molar-refractivity contribution in [3.05, 3.63) is 45.5 Å². The fraction of sp³-hybridized carbons (Fsp3) is 0.474. The van der Waals surface area contributed by atoms with Gasteiger partial charge in [0, 0.05) is 6.07 Å². The molecule has 1 aromatic rings. The van der Waals surface area contributed by atoms with Gasteiger partial charge in [0.2, 0.25) is 11.8 Å². The second kappa shape index (κ2) is 4.36. The molecule has 1 aliphatic heterocycles. The lowest BCUT2D eigenvalue weighted by molar-refractivity contribution is -0.384. The van der Waals surface area contributed by atoms with Crippen molar-refractivity contribution in [2.45, 2.75) is 26.7 Å². The quantitative estimate of drug-likeness (QED) is 0.359. The number of amides is 2. The Labute approximate surface area is 144 Å². The summed E-state index contributed by atoms with van der Waals surface area (Å²) in [6.45, 7) is 3.62. The van der Waals surface area contributed by atoms with E-state index in [0.717, 1.165) is 28.9 Å². The zero-order valence-corrected chi connectivity index (χ0v) is 14.1. The summed E-state index contributed by atoms with van der Waals surface area (Å²) in [6, 6.07) is 3.06. The maximum atomic E-state index is 13.1. The first-order valence-electron chi connectivity index (χ1n) is 8.68. The van der Waals surface area contributed by atoms with E-state index < -0.39 is 4.92 Å². The number of nitro groups is 1. The van der Waals surface area contributed by atoms with Crippen LogP contribution < -0.4 is 4.90 Å². The Morgan fingerprint density at radius 3 is 2.04 bits per heavy atom. The van der Waals surface area contributed by atoms with Crippen LogP contribution >= 0.6 is 0 Å². The molecule has 4 atom stereocenters. The average Bonchev–Trinajstić information content (AvgIpc) is 3.15. The number of anilines is 1. The summed E-state index contributed by atoms with van der Waals surface area (Å²) in [6.07, 6.45) is 6.35. The highest BCUT2D eigenvalue weighted by Crippen LogP contribution is 2.73. The van der Waals surface area contributed by atoms with Gasteiger partial charge in [0.25, 0.3) is 5.69 Å². The van der Waals surface area contributed by atoms with Gasteiger partial charge in [0.1, 0.15) is 5.69 Å². The first-order valence-corrected chi connectivity index (χ1v) is 8.68. The van der Waals surface area contributed by atoms with Crippen molar-refractivity contribution in [2.24, 2.45) is 29.1 Å². The Morgan fingerprint density at radius 1 is 1.04 bits per heavy atom. The van der Waals surface area contributed by atoms with E-state index in [4.69, 9.17) is 0 Å². The normalized spacial score (nSPS) is 33.4. The molecule has 3 fully saturated rings. The predicted octanol–water partition coefficient (Wildman–Crippen LogP) is 2.91. The molecule has 25 heavy (non-hydrogen) atoms. The molecule has 2 bridgehead atoms. The second-order valence-corrected chi connectivity index (χ2v) is 7.92. The molecule has 1 aromatic carbocycles. The average molecular weight is 338 g/mol. The minimum absolute atomic E-state index is 0.120. The SMILES string of the molecule is Cc1cc(N2C(=O)[C@@H]3[C@H](C2=O)[C@@H]2C=C[C@@H]3C23CC3)c([N+](=O)[O-])cc1C. The van der Waals surface area contributed by atoms with Crippen LogP contribution in [0.3, 0.4) is 0 Å². The largest absolute Gasteiger partial charge is 0.293 e. The van der Waals surface area contributed by atoms with E-state index in [1.807, 2.05) is 6.92 Å². The molecule has 128 valence electrons.